The van der Waals surface area contributed by atoms with Crippen LogP contribution in [0.4, 0.5) is 0 Å². The molecule has 0 bridgehead atoms. The Kier molecular flexibility index (Phi) is 5.34. The monoisotopic (exact) mass is 367 g/mol. The lowest BCUT2D eigenvalue weighted by Crippen LogP contribution is -2.22. The number of hydrogen-bond donors (Lipinski definition) is 0. The molecule has 1 aliphatic rings. The van der Waals surface area contributed by atoms with Crippen LogP contribution in [0.5, 0.6) is 0 Å². The van der Waals surface area contributed by atoms with Crippen LogP contribution in [-0.4, -0.2) is 51.4 Å². The second-order valence-electron chi connectivity index (χ2n) is 4.49. The number of hydrogen-bond acceptors (Lipinski definition) is 6. The molecular formula is C12H14ClNO4S3. The van der Waals surface area contributed by atoms with E-state index in [2.05, 4.69) is 4.99 Å². The van der Waals surface area contributed by atoms with E-state index >= 15 is 0 Å². The molecule has 0 aliphatic carbocycles. The molecule has 0 radical (unpaired) electrons. The molecule has 0 amide bonds. The second kappa shape index (κ2) is 6.68. The summed E-state index contributed by atoms with van der Waals surface area (Å²) in [6, 6.07) is 5.68. The molecule has 5 nitrogen and oxygen atoms in total. The molecule has 0 unspecified atom stereocenters. The van der Waals surface area contributed by atoms with Crippen LogP contribution >= 0.6 is 23.4 Å². The van der Waals surface area contributed by atoms with Gasteiger partial charge in [0.25, 0.3) is 0 Å². The molecule has 1 heterocycles. The summed E-state index contributed by atoms with van der Waals surface area (Å²) in [7, 11) is -7.10. The fourth-order valence-electron chi connectivity index (χ4n) is 1.72. The summed E-state index contributed by atoms with van der Waals surface area (Å²) >= 11 is 7.11. The Balaban J connectivity index is 2.02. The normalized spacial score (nSPS) is 16.0. The summed E-state index contributed by atoms with van der Waals surface area (Å²) in [5.74, 6) is -0.228. The number of sulfone groups is 2. The zero-order valence-electron chi connectivity index (χ0n) is 11.0. The first-order valence-electron chi connectivity index (χ1n) is 6.13. The van der Waals surface area contributed by atoms with E-state index in [1.807, 2.05) is 0 Å². The Labute approximate surface area is 133 Å². The van der Waals surface area contributed by atoms with Crippen LogP contribution in [-0.2, 0) is 19.7 Å². The van der Waals surface area contributed by atoms with E-state index in [0.717, 1.165) is 5.75 Å². The van der Waals surface area contributed by atoms with Gasteiger partial charge in [-0.25, -0.2) is 16.8 Å². The van der Waals surface area contributed by atoms with Gasteiger partial charge >= 0.3 is 0 Å². The zero-order chi connectivity index (χ0) is 15.5. The van der Waals surface area contributed by atoms with E-state index in [-0.39, 0.29) is 10.6 Å². The summed E-state index contributed by atoms with van der Waals surface area (Å²) in [5, 5.41) is 0.997. The molecule has 21 heavy (non-hydrogen) atoms. The number of benzene rings is 1. The Morgan fingerprint density at radius 2 is 1.76 bits per heavy atom. The van der Waals surface area contributed by atoms with Gasteiger partial charge in [0.15, 0.2) is 19.7 Å². The van der Waals surface area contributed by atoms with Crippen molar-refractivity contribution in [3.63, 3.8) is 0 Å². The molecule has 0 saturated heterocycles. The van der Waals surface area contributed by atoms with Gasteiger partial charge in [-0.05, 0) is 24.3 Å². The van der Waals surface area contributed by atoms with Crippen molar-refractivity contribution in [1.82, 2.24) is 0 Å². The third kappa shape index (κ3) is 4.98. The second-order valence-corrected chi connectivity index (χ2v) is 10.4. The molecule has 116 valence electrons. The van der Waals surface area contributed by atoms with Crippen molar-refractivity contribution in [2.24, 2.45) is 4.99 Å². The Hall–Kier alpha value is -0.570. The van der Waals surface area contributed by atoms with E-state index in [1.165, 1.54) is 36.0 Å². The van der Waals surface area contributed by atoms with Crippen molar-refractivity contribution in [2.75, 3.05) is 29.6 Å². The number of aliphatic imine (C=N–C) groups is 1. The largest absolute Gasteiger partial charge is 0.281 e. The highest BCUT2D eigenvalue weighted by Crippen LogP contribution is 2.17. The molecular weight excluding hydrogens is 354 g/mol. The van der Waals surface area contributed by atoms with Gasteiger partial charge in [-0.2, -0.15) is 0 Å². The number of nitrogens with zero attached hydrogens (tertiary/aromatic N) is 1. The molecule has 0 atom stereocenters. The van der Waals surface area contributed by atoms with Crippen LogP contribution < -0.4 is 0 Å². The fraction of sp³-hybridized carbons (Fsp3) is 0.417. The average Bonchev–Trinajstić information content (AvgIpc) is 2.89. The molecule has 9 heteroatoms. The zero-order valence-corrected chi connectivity index (χ0v) is 14.2. The molecule has 1 aliphatic heterocycles. The molecule has 2 rings (SSSR count). The summed E-state index contributed by atoms with van der Waals surface area (Å²) in [5.41, 5.74) is 0. The van der Waals surface area contributed by atoms with Crippen molar-refractivity contribution in [1.29, 1.82) is 0 Å². The minimum atomic E-state index is -3.63. The minimum Gasteiger partial charge on any atom is -0.281 e. The highest BCUT2D eigenvalue weighted by Gasteiger charge is 2.22. The van der Waals surface area contributed by atoms with E-state index in [0.29, 0.717) is 16.6 Å². The summed E-state index contributed by atoms with van der Waals surface area (Å²) in [6.45, 7) is 0.624. The first-order chi connectivity index (χ1) is 9.78. The highest BCUT2D eigenvalue weighted by atomic mass is 35.5. The SMILES string of the molecule is O=S(=O)(CCS(=O)(=O)c1ccc(Cl)cc1)CC1=NCCS1. The highest BCUT2D eigenvalue weighted by molar-refractivity contribution is 8.15. The van der Waals surface area contributed by atoms with Crippen LogP contribution in [0.25, 0.3) is 0 Å². The minimum absolute atomic E-state index is 0.0784. The van der Waals surface area contributed by atoms with E-state index in [4.69, 9.17) is 11.6 Å². The van der Waals surface area contributed by atoms with Crippen molar-refractivity contribution in [3.05, 3.63) is 29.3 Å². The number of halogens is 1. The number of thioether (sulfide) groups is 1. The Morgan fingerprint density at radius 1 is 1.10 bits per heavy atom. The smallest absolute Gasteiger partial charge is 0.179 e. The molecule has 0 aromatic heterocycles. The third-order valence-corrected chi connectivity index (χ3v) is 7.79. The van der Waals surface area contributed by atoms with Crippen LogP contribution in [0.3, 0.4) is 0 Å². The first kappa shape index (κ1) is 16.8. The molecule has 0 fully saturated rings. The Bertz CT molecular complexity index is 739. The lowest BCUT2D eigenvalue weighted by molar-refractivity contribution is 0.589. The lowest BCUT2D eigenvalue weighted by Gasteiger charge is -2.06. The van der Waals surface area contributed by atoms with Crippen LogP contribution in [0.2, 0.25) is 5.02 Å². The average molecular weight is 368 g/mol. The first-order valence-corrected chi connectivity index (χ1v) is 11.0. The van der Waals surface area contributed by atoms with Gasteiger partial charge in [-0.3, -0.25) is 4.99 Å². The van der Waals surface area contributed by atoms with Gasteiger partial charge in [0.1, 0.15) is 0 Å². The molecule has 1 aromatic carbocycles. The van der Waals surface area contributed by atoms with Crippen molar-refractivity contribution in [3.8, 4) is 0 Å². The van der Waals surface area contributed by atoms with Crippen LogP contribution in [0.15, 0.2) is 34.2 Å². The molecule has 1 aromatic rings. The van der Waals surface area contributed by atoms with Gasteiger partial charge < -0.3 is 0 Å². The van der Waals surface area contributed by atoms with Gasteiger partial charge in [-0.1, -0.05) is 11.6 Å². The maximum atomic E-state index is 12.1. The molecule has 0 N–H and O–H groups in total. The summed E-state index contributed by atoms with van der Waals surface area (Å²) in [6.07, 6.45) is 0. The van der Waals surface area contributed by atoms with Crippen molar-refractivity contribution >= 4 is 48.1 Å². The van der Waals surface area contributed by atoms with Crippen molar-refractivity contribution in [2.45, 2.75) is 4.90 Å². The van der Waals surface area contributed by atoms with Crippen molar-refractivity contribution < 1.29 is 16.8 Å². The maximum Gasteiger partial charge on any atom is 0.179 e. The standard InChI is InChI=1S/C12H14ClNO4S3/c13-10-1-3-11(4-2-10)21(17,18)8-7-20(15,16)9-12-14-5-6-19-12/h1-4H,5-9H2. The van der Waals surface area contributed by atoms with Crippen LogP contribution in [0.1, 0.15) is 0 Å². The van der Waals surface area contributed by atoms with E-state index in [9.17, 15) is 16.8 Å². The van der Waals surface area contributed by atoms with Crippen LogP contribution in [0, 0.1) is 0 Å². The van der Waals surface area contributed by atoms with Gasteiger partial charge in [0.05, 0.1) is 27.2 Å². The van der Waals surface area contributed by atoms with E-state index < -0.39 is 31.2 Å². The van der Waals surface area contributed by atoms with E-state index in [1.54, 1.807) is 0 Å². The summed E-state index contributed by atoms with van der Waals surface area (Å²) < 4.78 is 48.0. The topological polar surface area (TPSA) is 80.6 Å². The fourth-order valence-corrected chi connectivity index (χ4v) is 6.61. The predicted octanol–water partition coefficient (Wildman–Crippen LogP) is 1.67. The van der Waals surface area contributed by atoms with Gasteiger partial charge in [0.2, 0.25) is 0 Å². The third-order valence-electron chi connectivity index (χ3n) is 2.83. The van der Waals surface area contributed by atoms with Gasteiger partial charge in [0, 0.05) is 17.3 Å². The summed E-state index contributed by atoms with van der Waals surface area (Å²) in [4.78, 5) is 4.15. The predicted molar refractivity (Wildman–Crippen MR) is 86.9 cm³/mol. The maximum absolute atomic E-state index is 12.1. The quantitative estimate of drug-likeness (QED) is 0.764. The number of rotatable bonds is 6. The molecule has 0 spiro atoms. The lowest BCUT2D eigenvalue weighted by atomic mass is 10.4. The molecule has 0 saturated carbocycles. The van der Waals surface area contributed by atoms with Gasteiger partial charge in [-0.15, -0.1) is 11.8 Å². The Morgan fingerprint density at radius 3 is 2.33 bits per heavy atom.